The molecule has 0 spiro atoms. The van der Waals surface area contributed by atoms with Gasteiger partial charge in [0.25, 0.3) is 17.3 Å². The lowest BCUT2D eigenvalue weighted by atomic mass is 10.1. The maximum absolute atomic E-state index is 12.6. The van der Waals surface area contributed by atoms with Crippen molar-refractivity contribution >= 4 is 57.9 Å². The molecule has 0 aromatic heterocycles. The number of phenols is 2. The number of carbonyl (C=O) groups is 1. The van der Waals surface area contributed by atoms with Gasteiger partial charge in [-0.15, -0.1) is 0 Å². The van der Waals surface area contributed by atoms with Gasteiger partial charge in [-0.3, -0.25) is 25.0 Å². The molecule has 1 aliphatic rings. The maximum atomic E-state index is 12.6. The Morgan fingerprint density at radius 2 is 1.53 bits per heavy atom. The van der Waals surface area contributed by atoms with Gasteiger partial charge in [0.05, 0.1) is 21.0 Å². The molecule has 0 saturated carbocycles. The van der Waals surface area contributed by atoms with Crippen molar-refractivity contribution in [2.75, 3.05) is 0 Å². The molecule has 1 saturated heterocycles. The Morgan fingerprint density at radius 3 is 2.10 bits per heavy atom. The van der Waals surface area contributed by atoms with E-state index in [0.29, 0.717) is 0 Å². The zero-order valence-corrected chi connectivity index (χ0v) is 16.3. The van der Waals surface area contributed by atoms with Crippen molar-refractivity contribution in [3.63, 3.8) is 0 Å². The number of nitrogens with zero attached hydrogens (tertiary/aromatic N) is 4. The molecule has 152 valence electrons. The summed E-state index contributed by atoms with van der Waals surface area (Å²) >= 11 is 5.95. The highest BCUT2D eigenvalue weighted by Gasteiger charge is 2.32. The second-order valence-electron chi connectivity index (χ2n) is 5.74. The molecule has 0 bridgehead atoms. The monoisotopic (exact) mass is 446 g/mol. The van der Waals surface area contributed by atoms with Gasteiger partial charge in [0, 0.05) is 35.4 Å². The van der Waals surface area contributed by atoms with Crippen LogP contribution in [-0.4, -0.2) is 41.5 Å². The molecular weight excluding hydrogens is 436 g/mol. The van der Waals surface area contributed by atoms with Gasteiger partial charge in [0.2, 0.25) is 0 Å². The summed E-state index contributed by atoms with van der Waals surface area (Å²) in [6.45, 7) is 0. The average Bonchev–Trinajstić information content (AvgIpc) is 2.95. The summed E-state index contributed by atoms with van der Waals surface area (Å²) in [7, 11) is 0. The summed E-state index contributed by atoms with van der Waals surface area (Å²) in [4.78, 5) is 33.1. The topological polar surface area (TPSA) is 159 Å². The third-order valence-electron chi connectivity index (χ3n) is 3.82. The lowest BCUT2D eigenvalue weighted by Gasteiger charge is -2.06. The summed E-state index contributed by atoms with van der Waals surface area (Å²) < 4.78 is 0.0253. The molecule has 13 heteroatoms. The Bertz CT molecular complexity index is 1160. The largest absolute Gasteiger partial charge is 0.507 e. The Labute approximate surface area is 177 Å². The molecule has 0 aliphatic carbocycles. The number of hydrazone groups is 1. The van der Waals surface area contributed by atoms with Crippen LogP contribution in [0.3, 0.4) is 0 Å². The maximum Gasteiger partial charge on any atom is 0.286 e. The van der Waals surface area contributed by atoms with Crippen LogP contribution in [0.2, 0.25) is 0 Å². The second kappa shape index (κ2) is 8.26. The quantitative estimate of drug-likeness (QED) is 0.231. The highest BCUT2D eigenvalue weighted by molar-refractivity contribution is 8.26. The van der Waals surface area contributed by atoms with Crippen LogP contribution in [0.25, 0.3) is 6.08 Å². The molecule has 3 rings (SSSR count). The third kappa shape index (κ3) is 4.26. The minimum absolute atomic E-state index is 0.00133. The number of aromatic hydroxyl groups is 2. The Morgan fingerprint density at radius 1 is 1.00 bits per heavy atom. The lowest BCUT2D eigenvalue weighted by molar-refractivity contribution is -0.385. The van der Waals surface area contributed by atoms with E-state index < -0.39 is 15.8 Å². The molecule has 2 aromatic carbocycles. The smallest absolute Gasteiger partial charge is 0.286 e. The fraction of sp³-hybridized carbons (Fsp3) is 0. The second-order valence-corrected chi connectivity index (χ2v) is 7.41. The number of benzene rings is 2. The number of hydrogen-bond acceptors (Lipinski definition) is 10. The van der Waals surface area contributed by atoms with E-state index in [0.717, 1.165) is 59.4 Å². The molecule has 11 nitrogen and oxygen atoms in total. The zero-order valence-electron chi connectivity index (χ0n) is 14.7. The number of nitro benzene ring substituents is 2. The van der Waals surface area contributed by atoms with Gasteiger partial charge in [-0.05, 0) is 30.4 Å². The van der Waals surface area contributed by atoms with Gasteiger partial charge in [0.15, 0.2) is 4.32 Å². The number of carbonyl (C=O) groups excluding carboxylic acids is 1. The summed E-state index contributed by atoms with van der Waals surface area (Å²) in [5, 5.41) is 46.2. The Hall–Kier alpha value is -3.84. The molecule has 2 N–H and O–H groups in total. The van der Waals surface area contributed by atoms with Crippen molar-refractivity contribution in [3.05, 3.63) is 72.7 Å². The highest BCUT2D eigenvalue weighted by atomic mass is 32.2. The normalized spacial score (nSPS) is 15.3. The fourth-order valence-corrected chi connectivity index (χ4v) is 3.51. The average molecular weight is 446 g/mol. The first-order valence-electron chi connectivity index (χ1n) is 7.94. The number of thioether (sulfide) groups is 1. The van der Waals surface area contributed by atoms with Crippen LogP contribution < -0.4 is 0 Å². The predicted octanol–water partition coefficient (Wildman–Crippen LogP) is 3.15. The fourth-order valence-electron chi connectivity index (χ4n) is 2.35. The van der Waals surface area contributed by atoms with Crippen molar-refractivity contribution in [2.24, 2.45) is 5.10 Å². The van der Waals surface area contributed by atoms with Crippen LogP contribution in [0.15, 0.2) is 46.4 Å². The van der Waals surface area contributed by atoms with E-state index in [1.807, 2.05) is 0 Å². The number of hydrogen-bond donors (Lipinski definition) is 2. The number of non-ortho nitro benzene ring substituents is 2. The van der Waals surface area contributed by atoms with E-state index in [1.54, 1.807) is 0 Å². The van der Waals surface area contributed by atoms with Crippen molar-refractivity contribution in [3.8, 4) is 11.5 Å². The van der Waals surface area contributed by atoms with Crippen LogP contribution >= 0.6 is 24.0 Å². The Kier molecular flexibility index (Phi) is 5.75. The van der Waals surface area contributed by atoms with Crippen LogP contribution in [0.5, 0.6) is 11.5 Å². The first kappa shape index (κ1) is 20.9. The number of nitro groups is 2. The van der Waals surface area contributed by atoms with Crippen molar-refractivity contribution < 1.29 is 24.9 Å². The van der Waals surface area contributed by atoms with E-state index in [-0.39, 0.29) is 43.2 Å². The molecule has 1 aliphatic heterocycles. The number of phenolic OH excluding ortho intramolecular Hbond substituents is 2. The van der Waals surface area contributed by atoms with Crippen LogP contribution in [0.1, 0.15) is 11.1 Å². The van der Waals surface area contributed by atoms with Gasteiger partial charge in [-0.2, -0.15) is 10.1 Å². The summed E-state index contributed by atoms with van der Waals surface area (Å²) in [5.41, 5.74) is -0.502. The Balaban J connectivity index is 1.89. The minimum Gasteiger partial charge on any atom is -0.507 e. The predicted molar refractivity (Wildman–Crippen MR) is 112 cm³/mol. The lowest BCUT2D eigenvalue weighted by Crippen LogP contribution is -2.22. The molecule has 0 radical (unpaired) electrons. The first-order chi connectivity index (χ1) is 14.2. The van der Waals surface area contributed by atoms with Gasteiger partial charge < -0.3 is 10.2 Å². The number of thiocarbonyl (C=S) groups is 1. The molecule has 0 unspecified atom stereocenters. The van der Waals surface area contributed by atoms with Crippen molar-refractivity contribution in [1.29, 1.82) is 0 Å². The van der Waals surface area contributed by atoms with Crippen LogP contribution in [-0.2, 0) is 4.79 Å². The van der Waals surface area contributed by atoms with Gasteiger partial charge in [0.1, 0.15) is 11.5 Å². The van der Waals surface area contributed by atoms with E-state index in [2.05, 4.69) is 5.10 Å². The summed E-state index contributed by atoms with van der Waals surface area (Å²) in [6, 6.07) is 6.66. The summed E-state index contributed by atoms with van der Waals surface area (Å²) in [5.74, 6) is -1.22. The highest BCUT2D eigenvalue weighted by Crippen LogP contribution is 2.35. The summed E-state index contributed by atoms with van der Waals surface area (Å²) in [6.07, 6.45) is 2.28. The number of amides is 1. The SMILES string of the molecule is O=C1C(=Cc2cc([N+](=O)[O-])ccc2O)SC(=S)N1N=Cc1cc([N+](=O)[O-])ccc1O. The van der Waals surface area contributed by atoms with Crippen LogP contribution in [0, 0.1) is 20.2 Å². The molecule has 1 fully saturated rings. The van der Waals surface area contributed by atoms with E-state index in [4.69, 9.17) is 12.2 Å². The standard InChI is InChI=1S/C17H10N4O7S2/c22-13-3-1-11(20(25)26)5-9(13)7-15-16(24)19(17(29)30-15)18-8-10-6-12(21(27)28)2-4-14(10)23/h1-8,22-23H. The number of rotatable bonds is 5. The molecule has 1 heterocycles. The molecule has 0 atom stereocenters. The molecule has 30 heavy (non-hydrogen) atoms. The molecular formula is C17H10N4O7S2. The van der Waals surface area contributed by atoms with Gasteiger partial charge in [-0.1, -0.05) is 11.8 Å². The van der Waals surface area contributed by atoms with E-state index in [9.17, 15) is 35.2 Å². The zero-order chi connectivity index (χ0) is 22.0. The van der Waals surface area contributed by atoms with E-state index >= 15 is 0 Å². The van der Waals surface area contributed by atoms with Crippen LogP contribution in [0.4, 0.5) is 11.4 Å². The van der Waals surface area contributed by atoms with Crippen molar-refractivity contribution in [1.82, 2.24) is 5.01 Å². The van der Waals surface area contributed by atoms with Gasteiger partial charge in [-0.25, -0.2) is 0 Å². The molecule has 1 amide bonds. The third-order valence-corrected chi connectivity index (χ3v) is 5.10. The first-order valence-corrected chi connectivity index (χ1v) is 9.16. The minimum atomic E-state index is -0.669. The molecule has 2 aromatic rings. The van der Waals surface area contributed by atoms with E-state index in [1.165, 1.54) is 6.08 Å². The van der Waals surface area contributed by atoms with Gasteiger partial charge >= 0.3 is 0 Å². The van der Waals surface area contributed by atoms with Crippen molar-refractivity contribution in [2.45, 2.75) is 0 Å².